The monoisotopic (exact) mass is 384 g/mol. The third-order valence-electron chi connectivity index (χ3n) is 5.17. The molecule has 1 N–H and O–H groups in total. The van der Waals surface area contributed by atoms with Gasteiger partial charge in [0.05, 0.1) is 0 Å². The number of unbranched alkanes of at least 4 members (excludes halogenated alkanes) is 5. The Morgan fingerprint density at radius 1 is 1.07 bits per heavy atom. The molecule has 0 saturated carbocycles. The van der Waals surface area contributed by atoms with E-state index in [0.717, 1.165) is 29.8 Å². The Morgan fingerprint density at radius 2 is 1.67 bits per heavy atom. The van der Waals surface area contributed by atoms with Crippen LogP contribution in [0.2, 0.25) is 0 Å². The van der Waals surface area contributed by atoms with Crippen molar-refractivity contribution in [3.05, 3.63) is 35.4 Å². The SMILES string of the molecule is CCCCCCCCc1ccc(C(N2NC(=O)CC2(C)C)C(F)(F)F)cc1. The summed E-state index contributed by atoms with van der Waals surface area (Å²) in [6.07, 6.45) is 3.61. The predicted molar refractivity (Wildman–Crippen MR) is 101 cm³/mol. The summed E-state index contributed by atoms with van der Waals surface area (Å²) in [6, 6.07) is 4.81. The van der Waals surface area contributed by atoms with Crippen LogP contribution in [0.3, 0.4) is 0 Å². The van der Waals surface area contributed by atoms with Gasteiger partial charge in [-0.3, -0.25) is 10.2 Å². The molecule has 3 nitrogen and oxygen atoms in total. The van der Waals surface area contributed by atoms with E-state index in [1.165, 1.54) is 25.7 Å². The number of nitrogens with one attached hydrogen (secondary N) is 1. The van der Waals surface area contributed by atoms with Gasteiger partial charge in [-0.1, -0.05) is 63.3 Å². The molecule has 27 heavy (non-hydrogen) atoms. The lowest BCUT2D eigenvalue weighted by atomic mass is 9.96. The molecule has 0 aliphatic carbocycles. The lowest BCUT2D eigenvalue weighted by molar-refractivity contribution is -0.203. The van der Waals surface area contributed by atoms with E-state index in [1.807, 2.05) is 0 Å². The molecule has 6 heteroatoms. The molecular weight excluding hydrogens is 353 g/mol. The number of aryl methyl sites for hydroxylation is 1. The summed E-state index contributed by atoms with van der Waals surface area (Å²) in [4.78, 5) is 11.7. The van der Waals surface area contributed by atoms with Gasteiger partial charge in [-0.05, 0) is 37.8 Å². The van der Waals surface area contributed by atoms with Crippen LogP contribution in [0.4, 0.5) is 13.2 Å². The maximum Gasteiger partial charge on any atom is 0.409 e. The number of carbonyl (C=O) groups excluding carboxylic acids is 1. The first-order chi connectivity index (χ1) is 12.6. The van der Waals surface area contributed by atoms with Gasteiger partial charge in [-0.25, -0.2) is 0 Å². The molecule has 1 heterocycles. The van der Waals surface area contributed by atoms with Crippen LogP contribution >= 0.6 is 0 Å². The average molecular weight is 384 g/mol. The third kappa shape index (κ3) is 5.96. The molecule has 2 rings (SSSR count). The van der Waals surface area contributed by atoms with Crippen LogP contribution in [-0.2, 0) is 11.2 Å². The molecule has 1 unspecified atom stereocenters. The normalized spacial score (nSPS) is 18.5. The van der Waals surface area contributed by atoms with Crippen LogP contribution in [0.1, 0.15) is 82.9 Å². The maximum atomic E-state index is 13.8. The largest absolute Gasteiger partial charge is 0.409 e. The maximum absolute atomic E-state index is 13.8. The average Bonchev–Trinajstić information content (AvgIpc) is 2.83. The van der Waals surface area contributed by atoms with Gasteiger partial charge in [0.15, 0.2) is 6.04 Å². The van der Waals surface area contributed by atoms with E-state index in [-0.39, 0.29) is 17.9 Å². The summed E-state index contributed by atoms with van der Waals surface area (Å²) in [5, 5.41) is 1.05. The van der Waals surface area contributed by atoms with Gasteiger partial charge >= 0.3 is 6.18 Å². The Bertz CT molecular complexity index is 611. The van der Waals surface area contributed by atoms with Gasteiger partial charge in [0, 0.05) is 12.0 Å². The second kappa shape index (κ2) is 9.09. The van der Waals surface area contributed by atoms with Crippen LogP contribution in [0.5, 0.6) is 0 Å². The van der Waals surface area contributed by atoms with Crippen LogP contribution in [0, 0.1) is 0 Å². The quantitative estimate of drug-likeness (QED) is 0.553. The molecule has 1 aromatic rings. The Kier molecular flexibility index (Phi) is 7.32. The summed E-state index contributed by atoms with van der Waals surface area (Å²) >= 11 is 0. The summed E-state index contributed by atoms with van der Waals surface area (Å²) in [6.45, 7) is 5.48. The zero-order chi connectivity index (χ0) is 20.1. The van der Waals surface area contributed by atoms with Gasteiger partial charge in [0.25, 0.3) is 0 Å². The summed E-state index contributed by atoms with van der Waals surface area (Å²) in [5.74, 6) is -0.381. The van der Waals surface area contributed by atoms with Crippen molar-refractivity contribution in [3.8, 4) is 0 Å². The number of hydrogen-bond donors (Lipinski definition) is 1. The van der Waals surface area contributed by atoms with Crippen molar-refractivity contribution in [1.82, 2.24) is 10.4 Å². The highest BCUT2D eigenvalue weighted by molar-refractivity contribution is 5.79. The Hall–Kier alpha value is -1.56. The first-order valence-electron chi connectivity index (χ1n) is 9.89. The molecule has 1 aliphatic heterocycles. The smallest absolute Gasteiger partial charge is 0.287 e. The van der Waals surface area contributed by atoms with Crippen LogP contribution in [-0.4, -0.2) is 22.6 Å². The molecular formula is C21H31F3N2O. The van der Waals surface area contributed by atoms with E-state index < -0.39 is 17.8 Å². The molecule has 0 radical (unpaired) electrons. The van der Waals surface area contributed by atoms with Crippen molar-refractivity contribution in [2.45, 2.75) is 89.9 Å². The first-order valence-corrected chi connectivity index (χ1v) is 9.89. The second-order valence-electron chi connectivity index (χ2n) is 8.10. The summed E-state index contributed by atoms with van der Waals surface area (Å²) in [7, 11) is 0. The van der Waals surface area contributed by atoms with Crippen molar-refractivity contribution in [1.29, 1.82) is 0 Å². The number of halogens is 3. The molecule has 1 aromatic carbocycles. The zero-order valence-electron chi connectivity index (χ0n) is 16.5. The number of hydrogen-bond acceptors (Lipinski definition) is 2. The fraction of sp³-hybridized carbons (Fsp3) is 0.667. The number of benzene rings is 1. The molecule has 1 amide bonds. The Labute approximate surface area is 160 Å². The van der Waals surface area contributed by atoms with Crippen molar-refractivity contribution in [3.63, 3.8) is 0 Å². The van der Waals surface area contributed by atoms with Crippen molar-refractivity contribution in [2.75, 3.05) is 0 Å². The summed E-state index contributed by atoms with van der Waals surface area (Å²) in [5.41, 5.74) is 2.71. The number of nitrogens with zero attached hydrogens (tertiary/aromatic N) is 1. The molecule has 0 spiro atoms. The van der Waals surface area contributed by atoms with Crippen molar-refractivity contribution >= 4 is 5.91 Å². The van der Waals surface area contributed by atoms with Gasteiger partial charge in [0.2, 0.25) is 5.91 Å². The highest BCUT2D eigenvalue weighted by atomic mass is 19.4. The molecule has 0 aromatic heterocycles. The molecule has 1 saturated heterocycles. The van der Waals surface area contributed by atoms with Gasteiger partial charge in [-0.2, -0.15) is 18.2 Å². The highest BCUT2D eigenvalue weighted by Gasteiger charge is 2.52. The van der Waals surface area contributed by atoms with Crippen LogP contribution < -0.4 is 5.43 Å². The molecule has 152 valence electrons. The molecule has 1 fully saturated rings. The van der Waals surface area contributed by atoms with E-state index >= 15 is 0 Å². The summed E-state index contributed by atoms with van der Waals surface area (Å²) < 4.78 is 41.4. The standard InChI is InChI=1S/C21H31F3N2O/c1-4-5-6-7-8-9-10-16-11-13-17(14-12-16)19(21(22,23)24)26-20(2,3)15-18(27)25-26/h11-14,19H,4-10,15H2,1-3H3,(H,25,27). The van der Waals surface area contributed by atoms with Gasteiger partial charge in [-0.15, -0.1) is 0 Å². The van der Waals surface area contributed by atoms with E-state index in [9.17, 15) is 18.0 Å². The molecule has 1 aliphatic rings. The van der Waals surface area contributed by atoms with Gasteiger partial charge < -0.3 is 0 Å². The van der Waals surface area contributed by atoms with Crippen molar-refractivity contribution in [2.24, 2.45) is 0 Å². The van der Waals surface area contributed by atoms with E-state index in [0.29, 0.717) is 0 Å². The minimum atomic E-state index is -4.48. The van der Waals surface area contributed by atoms with E-state index in [1.54, 1.807) is 38.1 Å². The third-order valence-corrected chi connectivity index (χ3v) is 5.17. The fourth-order valence-corrected chi connectivity index (χ4v) is 3.68. The predicted octanol–water partition coefficient (Wildman–Crippen LogP) is 5.71. The lowest BCUT2D eigenvalue weighted by Crippen LogP contribution is -2.51. The topological polar surface area (TPSA) is 32.3 Å². The highest BCUT2D eigenvalue weighted by Crippen LogP contribution is 2.42. The number of amides is 1. The number of hydrazine groups is 1. The van der Waals surface area contributed by atoms with Gasteiger partial charge in [0.1, 0.15) is 0 Å². The number of carbonyl (C=O) groups is 1. The number of alkyl halides is 3. The Balaban J connectivity index is 2.04. The Morgan fingerprint density at radius 3 is 2.19 bits per heavy atom. The van der Waals surface area contributed by atoms with Crippen LogP contribution in [0.15, 0.2) is 24.3 Å². The minimum Gasteiger partial charge on any atom is -0.287 e. The molecule has 0 bridgehead atoms. The second-order valence-corrected chi connectivity index (χ2v) is 8.10. The fourth-order valence-electron chi connectivity index (χ4n) is 3.68. The lowest BCUT2D eigenvalue weighted by Gasteiger charge is -2.38. The zero-order valence-corrected chi connectivity index (χ0v) is 16.5. The van der Waals surface area contributed by atoms with E-state index in [2.05, 4.69) is 12.3 Å². The molecule has 1 atom stereocenters. The van der Waals surface area contributed by atoms with E-state index in [4.69, 9.17) is 0 Å². The van der Waals surface area contributed by atoms with Crippen molar-refractivity contribution < 1.29 is 18.0 Å². The minimum absolute atomic E-state index is 0.0513. The van der Waals surface area contributed by atoms with Crippen LogP contribution in [0.25, 0.3) is 0 Å². The number of rotatable bonds is 9. The first kappa shape index (κ1) is 21.7.